The molecular formula is C18H19NO2. The Hall–Kier alpha value is -2.00. The van der Waals surface area contributed by atoms with E-state index in [0.717, 1.165) is 36.1 Å². The Morgan fingerprint density at radius 3 is 2.76 bits per heavy atom. The predicted molar refractivity (Wildman–Crippen MR) is 82.7 cm³/mol. The van der Waals surface area contributed by atoms with Crippen molar-refractivity contribution in [2.75, 3.05) is 13.6 Å². The zero-order valence-corrected chi connectivity index (χ0v) is 12.3. The summed E-state index contributed by atoms with van der Waals surface area (Å²) in [5.41, 5.74) is 6.95. The van der Waals surface area contributed by atoms with Crippen molar-refractivity contribution in [1.82, 2.24) is 4.90 Å². The van der Waals surface area contributed by atoms with Gasteiger partial charge in [-0.05, 0) is 78.4 Å². The van der Waals surface area contributed by atoms with E-state index in [1.807, 2.05) is 25.1 Å². The zero-order valence-electron chi connectivity index (χ0n) is 12.3. The Labute approximate surface area is 124 Å². The smallest absolute Gasteiger partial charge is 0.119 e. The quantitative estimate of drug-likeness (QED) is 0.779. The first-order chi connectivity index (χ1) is 10.1. The molecule has 21 heavy (non-hydrogen) atoms. The lowest BCUT2D eigenvalue weighted by molar-refractivity contribution is 0.228. The first-order valence-corrected chi connectivity index (χ1v) is 7.44. The van der Waals surface area contributed by atoms with E-state index in [0.29, 0.717) is 17.5 Å². The fourth-order valence-corrected chi connectivity index (χ4v) is 3.94. The Balaban J connectivity index is 2.08. The minimum absolute atomic E-state index is 0.322. The lowest BCUT2D eigenvalue weighted by Crippen LogP contribution is -2.35. The van der Waals surface area contributed by atoms with Gasteiger partial charge in [0.2, 0.25) is 0 Å². The number of aromatic hydroxyl groups is 2. The van der Waals surface area contributed by atoms with Gasteiger partial charge in [-0.1, -0.05) is 6.07 Å². The van der Waals surface area contributed by atoms with E-state index in [9.17, 15) is 10.2 Å². The maximum atomic E-state index is 10.1. The highest BCUT2D eigenvalue weighted by Gasteiger charge is 2.34. The monoisotopic (exact) mass is 281 g/mol. The Morgan fingerprint density at radius 1 is 1.14 bits per heavy atom. The van der Waals surface area contributed by atoms with Crippen LogP contribution in [0.4, 0.5) is 0 Å². The van der Waals surface area contributed by atoms with Gasteiger partial charge < -0.3 is 10.2 Å². The first-order valence-electron chi connectivity index (χ1n) is 7.44. The van der Waals surface area contributed by atoms with Gasteiger partial charge in [-0.3, -0.25) is 4.90 Å². The number of phenolic OH excluding ortho intramolecular Hbond substituents is 2. The van der Waals surface area contributed by atoms with Gasteiger partial charge in [0.1, 0.15) is 11.5 Å². The second-order valence-electron chi connectivity index (χ2n) is 6.26. The van der Waals surface area contributed by atoms with Gasteiger partial charge in [-0.15, -0.1) is 0 Å². The summed E-state index contributed by atoms with van der Waals surface area (Å²) in [5, 5.41) is 20.1. The van der Waals surface area contributed by atoms with E-state index in [2.05, 4.69) is 11.9 Å². The summed E-state index contributed by atoms with van der Waals surface area (Å²) < 4.78 is 0. The third kappa shape index (κ3) is 1.70. The maximum Gasteiger partial charge on any atom is 0.119 e. The van der Waals surface area contributed by atoms with Gasteiger partial charge in [0.05, 0.1) is 0 Å². The third-order valence-corrected chi connectivity index (χ3v) is 5.05. The van der Waals surface area contributed by atoms with Gasteiger partial charge in [0, 0.05) is 12.6 Å². The molecule has 0 spiro atoms. The number of phenols is 2. The van der Waals surface area contributed by atoms with Crippen LogP contribution in [0.15, 0.2) is 24.3 Å². The van der Waals surface area contributed by atoms with E-state index >= 15 is 0 Å². The number of benzene rings is 2. The van der Waals surface area contributed by atoms with Crippen molar-refractivity contribution < 1.29 is 10.2 Å². The fourth-order valence-electron chi connectivity index (χ4n) is 3.94. The van der Waals surface area contributed by atoms with E-state index < -0.39 is 0 Å². The standard InChI is InChI=1S/C18H19NO2/c1-10-16(21)4-3-11-8-15-18-12(5-6-19(15)2)7-13(20)9-14(18)17(10)11/h3-4,7,9,15,20-21H,5-6,8H2,1-2H3. The Morgan fingerprint density at radius 2 is 1.95 bits per heavy atom. The van der Waals surface area contributed by atoms with Crippen LogP contribution in [0.1, 0.15) is 28.3 Å². The molecule has 3 nitrogen and oxygen atoms in total. The largest absolute Gasteiger partial charge is 0.508 e. The van der Waals surface area contributed by atoms with Crippen molar-refractivity contribution in [2.24, 2.45) is 0 Å². The molecule has 3 heteroatoms. The van der Waals surface area contributed by atoms with Crippen LogP contribution in [-0.4, -0.2) is 28.7 Å². The number of rotatable bonds is 0. The second kappa shape index (κ2) is 4.25. The van der Waals surface area contributed by atoms with Crippen LogP contribution in [0.5, 0.6) is 11.5 Å². The van der Waals surface area contributed by atoms with Crippen LogP contribution in [0, 0.1) is 6.92 Å². The molecule has 1 aliphatic heterocycles. The molecule has 1 unspecified atom stereocenters. The van der Waals surface area contributed by atoms with Crippen LogP contribution in [0.3, 0.4) is 0 Å². The average molecular weight is 281 g/mol. The normalized spacial score (nSPS) is 20.0. The molecule has 0 bridgehead atoms. The lowest BCUT2D eigenvalue weighted by Gasteiger charge is -2.40. The van der Waals surface area contributed by atoms with Crippen molar-refractivity contribution in [3.63, 3.8) is 0 Å². The molecular weight excluding hydrogens is 262 g/mol. The molecule has 0 amide bonds. The van der Waals surface area contributed by atoms with E-state index in [-0.39, 0.29) is 0 Å². The zero-order chi connectivity index (χ0) is 14.7. The van der Waals surface area contributed by atoms with Gasteiger partial charge in [0.15, 0.2) is 0 Å². The summed E-state index contributed by atoms with van der Waals surface area (Å²) in [4.78, 5) is 2.40. The third-order valence-electron chi connectivity index (χ3n) is 5.05. The molecule has 2 aliphatic rings. The number of nitrogens with zero attached hydrogens (tertiary/aromatic N) is 1. The van der Waals surface area contributed by atoms with Crippen molar-refractivity contribution in [3.05, 3.63) is 46.5 Å². The number of fused-ring (bicyclic) bond motifs is 2. The van der Waals surface area contributed by atoms with Gasteiger partial charge >= 0.3 is 0 Å². The maximum absolute atomic E-state index is 10.1. The summed E-state index contributed by atoms with van der Waals surface area (Å²) in [6.07, 6.45) is 1.94. The molecule has 2 aromatic rings. The molecule has 2 N–H and O–H groups in total. The molecule has 0 fully saturated rings. The second-order valence-corrected chi connectivity index (χ2v) is 6.26. The summed E-state index contributed by atoms with van der Waals surface area (Å²) in [6, 6.07) is 7.94. The molecule has 0 saturated carbocycles. The summed E-state index contributed by atoms with van der Waals surface area (Å²) in [7, 11) is 2.17. The Bertz CT molecular complexity index is 751. The molecule has 0 radical (unpaired) electrons. The van der Waals surface area contributed by atoms with Gasteiger partial charge in [-0.25, -0.2) is 0 Å². The molecule has 1 aliphatic carbocycles. The SMILES string of the molecule is Cc1c(O)ccc2c1-c1cc(O)cc3c1C(C2)N(C)CC3. The number of hydrogen-bond donors (Lipinski definition) is 2. The molecule has 108 valence electrons. The number of hydrogen-bond acceptors (Lipinski definition) is 3. The number of likely N-dealkylation sites (N-methyl/N-ethyl adjacent to an activating group) is 1. The van der Waals surface area contributed by atoms with Crippen LogP contribution < -0.4 is 0 Å². The highest BCUT2D eigenvalue weighted by atomic mass is 16.3. The minimum Gasteiger partial charge on any atom is -0.508 e. The van der Waals surface area contributed by atoms with E-state index in [4.69, 9.17) is 0 Å². The fraction of sp³-hybridized carbons (Fsp3) is 0.333. The average Bonchev–Trinajstić information content (AvgIpc) is 2.46. The highest BCUT2D eigenvalue weighted by Crippen LogP contribution is 2.48. The summed E-state index contributed by atoms with van der Waals surface area (Å²) >= 11 is 0. The van der Waals surface area contributed by atoms with E-state index in [1.165, 1.54) is 16.7 Å². The molecule has 4 rings (SSSR count). The van der Waals surface area contributed by atoms with Crippen molar-refractivity contribution >= 4 is 0 Å². The topological polar surface area (TPSA) is 43.7 Å². The molecule has 1 heterocycles. The molecule has 0 aromatic heterocycles. The van der Waals surface area contributed by atoms with Crippen molar-refractivity contribution in [2.45, 2.75) is 25.8 Å². The van der Waals surface area contributed by atoms with Crippen LogP contribution in [0.2, 0.25) is 0 Å². The predicted octanol–water partition coefficient (Wildman–Crippen LogP) is 3.16. The summed E-state index contributed by atoms with van der Waals surface area (Å²) in [5.74, 6) is 0.649. The van der Waals surface area contributed by atoms with E-state index in [1.54, 1.807) is 6.07 Å². The minimum atomic E-state index is 0.322. The van der Waals surface area contributed by atoms with Crippen LogP contribution >= 0.6 is 0 Å². The van der Waals surface area contributed by atoms with Crippen LogP contribution in [-0.2, 0) is 12.8 Å². The van der Waals surface area contributed by atoms with Gasteiger partial charge in [-0.2, -0.15) is 0 Å². The van der Waals surface area contributed by atoms with Gasteiger partial charge in [0.25, 0.3) is 0 Å². The lowest BCUT2D eigenvalue weighted by atomic mass is 9.76. The molecule has 0 saturated heterocycles. The first kappa shape index (κ1) is 12.7. The molecule has 1 atom stereocenters. The van der Waals surface area contributed by atoms with Crippen molar-refractivity contribution in [3.8, 4) is 22.6 Å². The summed E-state index contributed by atoms with van der Waals surface area (Å²) in [6.45, 7) is 2.98. The van der Waals surface area contributed by atoms with Crippen LogP contribution in [0.25, 0.3) is 11.1 Å². The molecule has 2 aromatic carbocycles. The van der Waals surface area contributed by atoms with Crippen molar-refractivity contribution in [1.29, 1.82) is 0 Å². The highest BCUT2D eigenvalue weighted by molar-refractivity contribution is 5.80. The Kier molecular flexibility index (Phi) is 2.57.